The zero-order valence-electron chi connectivity index (χ0n) is 40.8. The second-order valence-electron chi connectivity index (χ2n) is 18.9. The second-order valence-corrected chi connectivity index (χ2v) is 18.9. The molecule has 0 bridgehead atoms. The number of benzene rings is 1. The van der Waals surface area contributed by atoms with Crippen LogP contribution in [0.25, 0.3) is 0 Å². The van der Waals surface area contributed by atoms with Crippen LogP contribution in [0.3, 0.4) is 0 Å². The monoisotopic (exact) mass is 837 g/mol. The van der Waals surface area contributed by atoms with Gasteiger partial charge in [-0.05, 0) is 43.9 Å². The van der Waals surface area contributed by atoms with Gasteiger partial charge in [0.2, 0.25) is 0 Å². The topological polar surface area (TPSA) is 60.4 Å². The highest BCUT2D eigenvalue weighted by atomic mass is 16.5. The number of hydrogen-bond acceptors (Lipinski definition) is 4. The standard InChI is InChI=1S/C56H100O4/c1-6-10-14-18-22-26-28-32-36-40-44-49(42-38-34-30-24-20-16-12-8-3)54(57)51-46-52(48-53(47-51)56(59)60-5)55(58)50(43-39-35-31-25-21-17-13-9-4)45-41-37-33-29-27-23-19-15-11-7-2/h46-50H,6-45H2,1-5H3. The Morgan fingerprint density at radius 3 is 0.750 bits per heavy atom. The Kier molecular flexibility index (Phi) is 38.4. The van der Waals surface area contributed by atoms with E-state index in [0.29, 0.717) is 16.7 Å². The molecular weight excluding hydrogens is 737 g/mol. The average molecular weight is 837 g/mol. The molecule has 4 nitrogen and oxygen atoms in total. The van der Waals surface area contributed by atoms with E-state index in [9.17, 15) is 14.4 Å². The van der Waals surface area contributed by atoms with E-state index in [4.69, 9.17) is 4.74 Å². The summed E-state index contributed by atoms with van der Waals surface area (Å²) in [5.41, 5.74) is 1.39. The molecule has 0 aliphatic rings. The first-order valence-electron chi connectivity index (χ1n) is 26.7. The van der Waals surface area contributed by atoms with E-state index in [2.05, 4.69) is 27.7 Å². The Morgan fingerprint density at radius 2 is 0.533 bits per heavy atom. The summed E-state index contributed by atoms with van der Waals surface area (Å²) in [6, 6.07) is 5.30. The summed E-state index contributed by atoms with van der Waals surface area (Å²) in [7, 11) is 1.39. The average Bonchev–Trinajstić information content (AvgIpc) is 3.26. The van der Waals surface area contributed by atoms with Crippen LogP contribution in [0.4, 0.5) is 0 Å². The number of esters is 1. The molecular formula is C56H100O4. The van der Waals surface area contributed by atoms with Crippen LogP contribution >= 0.6 is 0 Å². The maximum absolute atomic E-state index is 14.5. The molecule has 60 heavy (non-hydrogen) atoms. The van der Waals surface area contributed by atoms with Crippen molar-refractivity contribution in [2.45, 2.75) is 285 Å². The van der Waals surface area contributed by atoms with E-state index in [-0.39, 0.29) is 23.4 Å². The number of hydrogen-bond donors (Lipinski definition) is 0. The van der Waals surface area contributed by atoms with Gasteiger partial charge in [-0.1, -0.05) is 259 Å². The minimum atomic E-state index is -0.470. The Bertz CT molecular complexity index is 1080. The third-order valence-corrected chi connectivity index (χ3v) is 13.3. The molecule has 0 heterocycles. The van der Waals surface area contributed by atoms with Crippen LogP contribution in [0.5, 0.6) is 0 Å². The fourth-order valence-electron chi connectivity index (χ4n) is 9.24. The summed E-state index contributed by atoms with van der Waals surface area (Å²) in [4.78, 5) is 42.1. The Hall–Kier alpha value is -1.97. The molecule has 4 heteroatoms. The molecule has 1 rings (SSSR count). The van der Waals surface area contributed by atoms with Gasteiger partial charge in [-0.25, -0.2) is 4.79 Å². The van der Waals surface area contributed by atoms with Gasteiger partial charge in [0, 0.05) is 23.0 Å². The first kappa shape index (κ1) is 56.0. The number of ketones is 2. The maximum atomic E-state index is 14.5. The van der Waals surface area contributed by atoms with Gasteiger partial charge in [-0.2, -0.15) is 0 Å². The second kappa shape index (κ2) is 41.1. The van der Waals surface area contributed by atoms with Crippen molar-refractivity contribution in [3.8, 4) is 0 Å². The summed E-state index contributed by atoms with van der Waals surface area (Å²) >= 11 is 0. The minimum absolute atomic E-state index is 0.0743. The number of methoxy groups -OCH3 is 1. The molecule has 348 valence electrons. The molecule has 0 N–H and O–H groups in total. The lowest BCUT2D eigenvalue weighted by Gasteiger charge is -2.19. The summed E-state index contributed by atoms with van der Waals surface area (Å²) < 4.78 is 5.20. The Morgan fingerprint density at radius 1 is 0.333 bits per heavy atom. The van der Waals surface area contributed by atoms with Crippen LogP contribution in [0.1, 0.15) is 316 Å². The number of carbonyl (C=O) groups is 3. The zero-order chi connectivity index (χ0) is 43.7. The van der Waals surface area contributed by atoms with E-state index in [0.717, 1.165) is 51.4 Å². The van der Waals surface area contributed by atoms with Crippen LogP contribution < -0.4 is 0 Å². The number of Topliss-reactive ketones (excluding diaryl/α,β-unsaturated/α-hetero) is 2. The van der Waals surface area contributed by atoms with Crippen LogP contribution in [0.15, 0.2) is 18.2 Å². The van der Waals surface area contributed by atoms with Crippen LogP contribution in [0.2, 0.25) is 0 Å². The van der Waals surface area contributed by atoms with E-state index < -0.39 is 5.97 Å². The van der Waals surface area contributed by atoms with Crippen molar-refractivity contribution in [2.75, 3.05) is 7.11 Å². The predicted molar refractivity (Wildman–Crippen MR) is 261 cm³/mol. The molecule has 0 aromatic heterocycles. The highest BCUT2D eigenvalue weighted by molar-refractivity contribution is 6.06. The number of unbranched alkanes of at least 4 members (excludes halogenated alkanes) is 32. The van der Waals surface area contributed by atoms with Gasteiger partial charge in [0.1, 0.15) is 0 Å². The molecule has 0 radical (unpaired) electrons. The molecule has 0 aliphatic carbocycles. The number of rotatable bonds is 45. The van der Waals surface area contributed by atoms with E-state index in [1.165, 1.54) is 213 Å². The predicted octanol–water partition coefficient (Wildman–Crippen LogP) is 18.8. The fourth-order valence-corrected chi connectivity index (χ4v) is 9.24. The molecule has 0 aliphatic heterocycles. The van der Waals surface area contributed by atoms with Crippen molar-refractivity contribution in [3.05, 3.63) is 34.9 Å². The molecule has 0 spiro atoms. The molecule has 2 unspecified atom stereocenters. The van der Waals surface area contributed by atoms with Gasteiger partial charge in [0.25, 0.3) is 0 Å². The molecule has 0 saturated heterocycles. The van der Waals surface area contributed by atoms with Crippen molar-refractivity contribution in [1.29, 1.82) is 0 Å². The lowest BCUT2D eigenvalue weighted by atomic mass is 9.84. The molecule has 0 amide bonds. The highest BCUT2D eigenvalue weighted by Gasteiger charge is 2.26. The first-order chi connectivity index (χ1) is 29.4. The summed E-state index contributed by atoms with van der Waals surface area (Å²) in [6.07, 6.45) is 49.1. The van der Waals surface area contributed by atoms with Gasteiger partial charge in [0.15, 0.2) is 11.6 Å². The summed E-state index contributed by atoms with van der Waals surface area (Å²) in [5, 5.41) is 0. The van der Waals surface area contributed by atoms with Crippen molar-refractivity contribution >= 4 is 17.5 Å². The van der Waals surface area contributed by atoms with Gasteiger partial charge in [-0.15, -0.1) is 0 Å². The minimum Gasteiger partial charge on any atom is -0.465 e. The van der Waals surface area contributed by atoms with Crippen molar-refractivity contribution in [1.82, 2.24) is 0 Å². The summed E-state index contributed by atoms with van der Waals surface area (Å²) in [5.74, 6) is -0.391. The van der Waals surface area contributed by atoms with Gasteiger partial charge >= 0.3 is 5.97 Å². The Labute approximate surface area is 373 Å². The van der Waals surface area contributed by atoms with E-state index >= 15 is 0 Å². The van der Waals surface area contributed by atoms with Crippen molar-refractivity contribution < 1.29 is 19.1 Å². The Balaban J connectivity index is 3.10. The smallest absolute Gasteiger partial charge is 0.337 e. The lowest BCUT2D eigenvalue weighted by Crippen LogP contribution is -2.20. The van der Waals surface area contributed by atoms with Crippen molar-refractivity contribution in [3.63, 3.8) is 0 Å². The van der Waals surface area contributed by atoms with Gasteiger partial charge in [-0.3, -0.25) is 9.59 Å². The third-order valence-electron chi connectivity index (χ3n) is 13.3. The number of carbonyl (C=O) groups excluding carboxylic acids is 3. The molecule has 0 saturated carbocycles. The third kappa shape index (κ3) is 29.4. The molecule has 0 fully saturated rings. The summed E-state index contributed by atoms with van der Waals surface area (Å²) in [6.45, 7) is 9.08. The van der Waals surface area contributed by atoms with E-state index in [1.807, 2.05) is 6.07 Å². The van der Waals surface area contributed by atoms with Crippen LogP contribution in [-0.2, 0) is 4.74 Å². The lowest BCUT2D eigenvalue weighted by molar-refractivity contribution is 0.0600. The van der Waals surface area contributed by atoms with Gasteiger partial charge < -0.3 is 4.74 Å². The van der Waals surface area contributed by atoms with Crippen LogP contribution in [-0.4, -0.2) is 24.6 Å². The molecule has 1 aromatic rings. The number of ether oxygens (including phenoxy) is 1. The van der Waals surface area contributed by atoms with Crippen molar-refractivity contribution in [2.24, 2.45) is 11.8 Å². The molecule has 1 aromatic carbocycles. The normalized spacial score (nSPS) is 12.5. The zero-order valence-corrected chi connectivity index (χ0v) is 40.8. The highest BCUT2D eigenvalue weighted by Crippen LogP contribution is 2.28. The largest absolute Gasteiger partial charge is 0.465 e. The maximum Gasteiger partial charge on any atom is 0.337 e. The fraction of sp³-hybridized carbons (Fsp3) is 0.839. The SMILES string of the molecule is CCCCCCCCCCCCC(CCCCCCCCCC)C(=O)c1cc(C(=O)OC)cc(C(=O)C(CCCCCCCCCC)CCCCCCCCCCCC)c1. The van der Waals surface area contributed by atoms with E-state index in [1.54, 1.807) is 12.1 Å². The van der Waals surface area contributed by atoms with Gasteiger partial charge in [0.05, 0.1) is 12.7 Å². The van der Waals surface area contributed by atoms with Crippen LogP contribution in [0, 0.1) is 11.8 Å². The molecule has 2 atom stereocenters. The first-order valence-corrected chi connectivity index (χ1v) is 26.7. The quantitative estimate of drug-likeness (QED) is 0.0373.